The van der Waals surface area contributed by atoms with E-state index in [-0.39, 0.29) is 11.8 Å². The third kappa shape index (κ3) is 3.32. The maximum atomic E-state index is 12.1. The van der Waals surface area contributed by atoms with Crippen LogP contribution in [0.4, 0.5) is 0 Å². The van der Waals surface area contributed by atoms with Gasteiger partial charge in [-0.2, -0.15) is 5.10 Å². The van der Waals surface area contributed by atoms with Gasteiger partial charge in [0, 0.05) is 18.2 Å². The molecule has 1 aromatic heterocycles. The zero-order chi connectivity index (χ0) is 14.7. The van der Waals surface area contributed by atoms with Crippen molar-refractivity contribution >= 4 is 5.91 Å². The lowest BCUT2D eigenvalue weighted by molar-refractivity contribution is -0.122. The molecular weight excluding hydrogens is 262 g/mol. The van der Waals surface area contributed by atoms with E-state index < -0.39 is 0 Å². The Labute approximate surface area is 125 Å². The van der Waals surface area contributed by atoms with Gasteiger partial charge in [0.1, 0.15) is 0 Å². The number of H-pyrrole nitrogens is 1. The molecular formula is C17H21N3O. The fraction of sp³-hybridized carbons (Fsp3) is 0.412. The van der Waals surface area contributed by atoms with Crippen LogP contribution in [0.3, 0.4) is 0 Å². The zero-order valence-corrected chi connectivity index (χ0v) is 12.3. The molecule has 1 aliphatic rings. The topological polar surface area (TPSA) is 57.8 Å². The van der Waals surface area contributed by atoms with Crippen molar-refractivity contribution in [3.8, 4) is 0 Å². The lowest BCUT2D eigenvalue weighted by Gasteiger charge is -2.05. The molecule has 4 heteroatoms. The van der Waals surface area contributed by atoms with E-state index in [1.165, 1.54) is 11.1 Å². The van der Waals surface area contributed by atoms with Crippen LogP contribution >= 0.6 is 0 Å². The van der Waals surface area contributed by atoms with Gasteiger partial charge in [0.25, 0.3) is 0 Å². The first-order valence-corrected chi connectivity index (χ1v) is 7.57. The van der Waals surface area contributed by atoms with Crippen LogP contribution in [0.1, 0.15) is 35.6 Å². The SMILES string of the molecule is Cc1[nH]ncc1CCCNC(=O)C1CC1c1ccccc1. The van der Waals surface area contributed by atoms with Gasteiger partial charge in [0.05, 0.1) is 6.20 Å². The largest absolute Gasteiger partial charge is 0.356 e. The number of amides is 1. The number of nitrogens with one attached hydrogen (secondary N) is 2. The van der Waals surface area contributed by atoms with Gasteiger partial charge in [0.2, 0.25) is 5.91 Å². The van der Waals surface area contributed by atoms with Gasteiger partial charge in [-0.25, -0.2) is 0 Å². The summed E-state index contributed by atoms with van der Waals surface area (Å²) in [7, 11) is 0. The quantitative estimate of drug-likeness (QED) is 0.801. The smallest absolute Gasteiger partial charge is 0.223 e. The molecule has 1 amide bonds. The normalized spacial score (nSPS) is 20.2. The molecule has 2 aromatic rings. The first kappa shape index (κ1) is 13.9. The van der Waals surface area contributed by atoms with Crippen LogP contribution in [0.25, 0.3) is 0 Å². The maximum Gasteiger partial charge on any atom is 0.223 e. The summed E-state index contributed by atoms with van der Waals surface area (Å²) in [4.78, 5) is 12.1. The second kappa shape index (κ2) is 6.12. The van der Waals surface area contributed by atoms with Gasteiger partial charge in [-0.3, -0.25) is 9.89 Å². The number of carbonyl (C=O) groups is 1. The first-order chi connectivity index (χ1) is 10.3. The molecule has 0 radical (unpaired) electrons. The molecule has 2 atom stereocenters. The molecule has 1 saturated carbocycles. The highest BCUT2D eigenvalue weighted by molar-refractivity contribution is 5.82. The van der Waals surface area contributed by atoms with E-state index in [2.05, 4.69) is 27.6 Å². The van der Waals surface area contributed by atoms with Gasteiger partial charge in [-0.05, 0) is 43.2 Å². The Balaban J connectivity index is 1.39. The highest BCUT2D eigenvalue weighted by atomic mass is 16.2. The van der Waals surface area contributed by atoms with Gasteiger partial charge in [0.15, 0.2) is 0 Å². The summed E-state index contributed by atoms with van der Waals surface area (Å²) in [5.74, 6) is 0.790. The lowest BCUT2D eigenvalue weighted by atomic mass is 10.1. The van der Waals surface area contributed by atoms with Crippen LogP contribution in [0.5, 0.6) is 0 Å². The minimum atomic E-state index is 0.170. The van der Waals surface area contributed by atoms with Crippen LogP contribution < -0.4 is 5.32 Å². The number of hydrogen-bond donors (Lipinski definition) is 2. The molecule has 0 bridgehead atoms. The summed E-state index contributed by atoms with van der Waals surface area (Å²) in [6.07, 6.45) is 4.75. The molecule has 0 aliphatic heterocycles. The van der Waals surface area contributed by atoms with Gasteiger partial charge >= 0.3 is 0 Å². The van der Waals surface area contributed by atoms with E-state index in [9.17, 15) is 4.79 Å². The number of rotatable bonds is 6. The molecule has 1 aliphatic carbocycles. The molecule has 4 nitrogen and oxygen atoms in total. The Hall–Kier alpha value is -2.10. The van der Waals surface area contributed by atoms with Gasteiger partial charge < -0.3 is 5.32 Å². The number of nitrogens with zero attached hydrogens (tertiary/aromatic N) is 1. The summed E-state index contributed by atoms with van der Waals surface area (Å²) >= 11 is 0. The minimum absolute atomic E-state index is 0.170. The Morgan fingerprint density at radius 3 is 2.90 bits per heavy atom. The standard InChI is InChI=1S/C17H21N3O/c1-12-14(11-19-20-12)8-5-9-18-17(21)16-10-15(16)13-6-3-2-4-7-13/h2-4,6-7,11,15-16H,5,8-10H2,1H3,(H,18,21)(H,19,20). The van der Waals surface area contributed by atoms with Crippen LogP contribution in [-0.2, 0) is 11.2 Å². The number of aromatic amines is 1. The summed E-state index contributed by atoms with van der Waals surface area (Å²) in [5, 5.41) is 9.99. The van der Waals surface area contributed by atoms with Crippen LogP contribution in [0.15, 0.2) is 36.5 Å². The monoisotopic (exact) mass is 283 g/mol. The molecule has 21 heavy (non-hydrogen) atoms. The van der Waals surface area contributed by atoms with Crippen LogP contribution in [0, 0.1) is 12.8 Å². The molecule has 110 valence electrons. The predicted molar refractivity (Wildman–Crippen MR) is 81.9 cm³/mol. The second-order valence-corrected chi connectivity index (χ2v) is 5.77. The van der Waals surface area contributed by atoms with Crippen molar-refractivity contribution in [1.82, 2.24) is 15.5 Å². The van der Waals surface area contributed by atoms with E-state index >= 15 is 0 Å². The van der Waals surface area contributed by atoms with E-state index in [0.717, 1.165) is 31.5 Å². The van der Waals surface area contributed by atoms with Gasteiger partial charge in [-0.1, -0.05) is 30.3 Å². The van der Waals surface area contributed by atoms with Gasteiger partial charge in [-0.15, -0.1) is 0 Å². The van der Waals surface area contributed by atoms with Crippen LogP contribution in [0.2, 0.25) is 0 Å². The van der Waals surface area contributed by atoms with E-state index in [0.29, 0.717) is 5.92 Å². The predicted octanol–water partition coefficient (Wildman–Crippen LogP) is 2.57. The van der Waals surface area contributed by atoms with Crippen molar-refractivity contribution < 1.29 is 4.79 Å². The number of benzene rings is 1. The van der Waals surface area contributed by atoms with Crippen molar-refractivity contribution in [2.45, 2.75) is 32.1 Å². The molecule has 1 heterocycles. The van der Waals surface area contributed by atoms with E-state index in [4.69, 9.17) is 0 Å². The molecule has 1 fully saturated rings. The molecule has 0 saturated heterocycles. The average Bonchev–Trinajstić information content (AvgIpc) is 3.22. The minimum Gasteiger partial charge on any atom is -0.356 e. The summed E-state index contributed by atoms with van der Waals surface area (Å²) in [6.45, 7) is 2.76. The lowest BCUT2D eigenvalue weighted by Crippen LogP contribution is -2.26. The second-order valence-electron chi connectivity index (χ2n) is 5.77. The molecule has 2 N–H and O–H groups in total. The van der Waals surface area contributed by atoms with E-state index in [1.54, 1.807) is 0 Å². The summed E-state index contributed by atoms with van der Waals surface area (Å²) in [6, 6.07) is 10.3. The zero-order valence-electron chi connectivity index (χ0n) is 12.3. The fourth-order valence-electron chi connectivity index (χ4n) is 2.80. The van der Waals surface area contributed by atoms with Crippen molar-refractivity contribution in [2.24, 2.45) is 5.92 Å². The van der Waals surface area contributed by atoms with Crippen molar-refractivity contribution in [3.05, 3.63) is 53.3 Å². The molecule has 0 spiro atoms. The number of aryl methyl sites for hydroxylation is 2. The highest BCUT2D eigenvalue weighted by Crippen LogP contribution is 2.47. The first-order valence-electron chi connectivity index (χ1n) is 7.57. The molecule has 3 rings (SSSR count). The summed E-state index contributed by atoms with van der Waals surface area (Å²) in [5.41, 5.74) is 3.64. The van der Waals surface area contributed by atoms with Crippen molar-refractivity contribution in [3.63, 3.8) is 0 Å². The van der Waals surface area contributed by atoms with Crippen LogP contribution in [-0.4, -0.2) is 22.6 Å². The Kier molecular flexibility index (Phi) is 4.04. The molecule has 1 aromatic carbocycles. The van der Waals surface area contributed by atoms with Crippen molar-refractivity contribution in [1.29, 1.82) is 0 Å². The maximum absolute atomic E-state index is 12.1. The Morgan fingerprint density at radius 1 is 1.38 bits per heavy atom. The van der Waals surface area contributed by atoms with Crippen molar-refractivity contribution in [2.75, 3.05) is 6.54 Å². The molecule has 2 unspecified atom stereocenters. The Bertz CT molecular complexity index is 606. The number of aromatic nitrogens is 2. The highest BCUT2D eigenvalue weighted by Gasteiger charge is 2.43. The van der Waals surface area contributed by atoms with E-state index in [1.807, 2.05) is 31.3 Å². The third-order valence-electron chi connectivity index (χ3n) is 4.21. The average molecular weight is 283 g/mol. The Morgan fingerprint density at radius 2 is 2.19 bits per heavy atom. The third-order valence-corrected chi connectivity index (χ3v) is 4.21. The fourth-order valence-corrected chi connectivity index (χ4v) is 2.80. The number of hydrogen-bond acceptors (Lipinski definition) is 2. The number of carbonyl (C=O) groups excluding carboxylic acids is 1. The summed E-state index contributed by atoms with van der Waals surface area (Å²) < 4.78 is 0.